The molecule has 2 N–H and O–H groups in total. The maximum atomic E-state index is 11.5. The Bertz CT molecular complexity index is 418. The Labute approximate surface area is 107 Å². The summed E-state index contributed by atoms with van der Waals surface area (Å²) in [6.07, 6.45) is 3.34. The van der Waals surface area contributed by atoms with E-state index in [4.69, 9.17) is 4.74 Å². The number of fused-ring (bicyclic) bond motifs is 1. The molecule has 1 aliphatic carbocycles. The van der Waals surface area contributed by atoms with E-state index in [1.807, 2.05) is 18.2 Å². The number of para-hydroxylation sites is 1. The van der Waals surface area contributed by atoms with Gasteiger partial charge in [0.05, 0.1) is 6.54 Å². The van der Waals surface area contributed by atoms with Crippen LogP contribution in [0.25, 0.3) is 0 Å². The van der Waals surface area contributed by atoms with Gasteiger partial charge in [-0.15, -0.1) is 0 Å². The first-order chi connectivity index (χ1) is 8.81. The van der Waals surface area contributed by atoms with Gasteiger partial charge in [-0.1, -0.05) is 18.2 Å². The van der Waals surface area contributed by atoms with Gasteiger partial charge in [-0.2, -0.15) is 0 Å². The molecule has 1 saturated carbocycles. The second-order valence-corrected chi connectivity index (χ2v) is 5.02. The van der Waals surface area contributed by atoms with Gasteiger partial charge in [-0.25, -0.2) is 0 Å². The van der Waals surface area contributed by atoms with Crippen LogP contribution in [0.3, 0.4) is 0 Å². The average Bonchev–Trinajstić information content (AvgIpc) is 3.07. The SMILES string of the molecule is O=C(CNCC1Cc2ccccc2O1)NC1CC1. The van der Waals surface area contributed by atoms with Crippen molar-refractivity contribution < 1.29 is 9.53 Å². The number of carbonyl (C=O) groups excluding carboxylic acids is 1. The molecular weight excluding hydrogens is 228 g/mol. The highest BCUT2D eigenvalue weighted by Crippen LogP contribution is 2.27. The van der Waals surface area contributed by atoms with Crippen molar-refractivity contribution in [1.82, 2.24) is 10.6 Å². The molecule has 4 nitrogen and oxygen atoms in total. The third-order valence-electron chi connectivity index (χ3n) is 3.31. The lowest BCUT2D eigenvalue weighted by atomic mass is 10.1. The van der Waals surface area contributed by atoms with Gasteiger partial charge >= 0.3 is 0 Å². The van der Waals surface area contributed by atoms with E-state index in [1.54, 1.807) is 0 Å². The van der Waals surface area contributed by atoms with Crippen molar-refractivity contribution in [3.05, 3.63) is 29.8 Å². The molecule has 1 amide bonds. The lowest BCUT2D eigenvalue weighted by molar-refractivity contribution is -0.120. The molecule has 4 heteroatoms. The Balaban J connectivity index is 1.39. The van der Waals surface area contributed by atoms with Gasteiger partial charge < -0.3 is 15.4 Å². The minimum Gasteiger partial charge on any atom is -0.488 e. The van der Waals surface area contributed by atoms with E-state index in [9.17, 15) is 4.79 Å². The van der Waals surface area contributed by atoms with E-state index in [2.05, 4.69) is 16.7 Å². The predicted octanol–water partition coefficient (Wildman–Crippen LogP) is 0.858. The maximum absolute atomic E-state index is 11.5. The molecule has 1 heterocycles. The van der Waals surface area contributed by atoms with Gasteiger partial charge in [0, 0.05) is 19.0 Å². The average molecular weight is 246 g/mol. The Morgan fingerprint density at radius 1 is 1.33 bits per heavy atom. The van der Waals surface area contributed by atoms with Crippen LogP contribution in [0.1, 0.15) is 18.4 Å². The molecule has 2 aliphatic rings. The highest BCUT2D eigenvalue weighted by molar-refractivity contribution is 5.78. The van der Waals surface area contributed by atoms with Crippen LogP contribution in [0.4, 0.5) is 0 Å². The predicted molar refractivity (Wildman–Crippen MR) is 68.6 cm³/mol. The summed E-state index contributed by atoms with van der Waals surface area (Å²) in [5.74, 6) is 1.07. The number of ether oxygens (including phenoxy) is 1. The molecule has 1 aromatic carbocycles. The lowest BCUT2D eigenvalue weighted by Gasteiger charge is -2.11. The van der Waals surface area contributed by atoms with E-state index in [0.29, 0.717) is 19.1 Å². The summed E-state index contributed by atoms with van der Waals surface area (Å²) >= 11 is 0. The number of benzene rings is 1. The number of amides is 1. The van der Waals surface area contributed by atoms with E-state index in [1.165, 1.54) is 5.56 Å². The van der Waals surface area contributed by atoms with Crippen molar-refractivity contribution in [2.24, 2.45) is 0 Å². The second kappa shape index (κ2) is 4.98. The molecule has 1 fully saturated rings. The molecule has 1 aliphatic heterocycles. The van der Waals surface area contributed by atoms with E-state index < -0.39 is 0 Å². The molecule has 96 valence electrons. The maximum Gasteiger partial charge on any atom is 0.234 e. The smallest absolute Gasteiger partial charge is 0.234 e. The summed E-state index contributed by atoms with van der Waals surface area (Å²) in [5.41, 5.74) is 1.26. The fourth-order valence-electron chi connectivity index (χ4n) is 2.22. The Kier molecular flexibility index (Phi) is 3.19. The van der Waals surface area contributed by atoms with Gasteiger partial charge in [-0.3, -0.25) is 4.79 Å². The first-order valence-electron chi connectivity index (χ1n) is 6.56. The third kappa shape index (κ3) is 2.82. The number of hydrogen-bond donors (Lipinski definition) is 2. The number of hydrogen-bond acceptors (Lipinski definition) is 3. The summed E-state index contributed by atoms with van der Waals surface area (Å²) in [6, 6.07) is 8.54. The van der Waals surface area contributed by atoms with Crippen molar-refractivity contribution in [3.8, 4) is 5.75 Å². The van der Waals surface area contributed by atoms with Crippen LogP contribution in [0.2, 0.25) is 0 Å². The van der Waals surface area contributed by atoms with Crippen molar-refractivity contribution in [2.45, 2.75) is 31.4 Å². The molecule has 3 rings (SSSR count). The molecule has 1 aromatic rings. The van der Waals surface area contributed by atoms with Crippen LogP contribution in [0.5, 0.6) is 5.75 Å². The number of rotatable bonds is 5. The van der Waals surface area contributed by atoms with Crippen LogP contribution < -0.4 is 15.4 Å². The summed E-state index contributed by atoms with van der Waals surface area (Å²) in [6.45, 7) is 1.10. The molecule has 18 heavy (non-hydrogen) atoms. The first kappa shape index (κ1) is 11.5. The molecule has 0 bridgehead atoms. The topological polar surface area (TPSA) is 50.4 Å². The minimum absolute atomic E-state index is 0.0908. The summed E-state index contributed by atoms with van der Waals surface area (Å²) in [4.78, 5) is 11.5. The Morgan fingerprint density at radius 3 is 2.94 bits per heavy atom. The van der Waals surface area contributed by atoms with Gasteiger partial charge in [0.2, 0.25) is 5.91 Å². The summed E-state index contributed by atoms with van der Waals surface area (Å²) < 4.78 is 5.79. The monoisotopic (exact) mass is 246 g/mol. The molecular formula is C14H18N2O2. The van der Waals surface area contributed by atoms with E-state index >= 15 is 0 Å². The van der Waals surface area contributed by atoms with Gasteiger partial charge in [0.15, 0.2) is 0 Å². The first-order valence-corrected chi connectivity index (χ1v) is 6.56. The van der Waals surface area contributed by atoms with Crippen molar-refractivity contribution >= 4 is 5.91 Å². The van der Waals surface area contributed by atoms with Crippen LogP contribution in [0, 0.1) is 0 Å². The standard InChI is InChI=1S/C14H18N2O2/c17-14(16-11-5-6-11)9-15-8-12-7-10-3-1-2-4-13(10)18-12/h1-4,11-12,15H,5-9H2,(H,16,17). The fourth-order valence-corrected chi connectivity index (χ4v) is 2.22. The highest BCUT2D eigenvalue weighted by atomic mass is 16.5. The number of carbonyl (C=O) groups is 1. The number of nitrogens with one attached hydrogen (secondary N) is 2. The molecule has 0 spiro atoms. The zero-order chi connectivity index (χ0) is 12.4. The molecule has 0 radical (unpaired) electrons. The zero-order valence-electron chi connectivity index (χ0n) is 10.3. The summed E-state index contributed by atoms with van der Waals surface area (Å²) in [7, 11) is 0. The van der Waals surface area contributed by atoms with Crippen LogP contribution in [-0.2, 0) is 11.2 Å². The lowest BCUT2D eigenvalue weighted by Crippen LogP contribution is -2.39. The Hall–Kier alpha value is -1.55. The van der Waals surface area contributed by atoms with Crippen molar-refractivity contribution in [3.63, 3.8) is 0 Å². The van der Waals surface area contributed by atoms with Gasteiger partial charge in [0.1, 0.15) is 11.9 Å². The second-order valence-electron chi connectivity index (χ2n) is 5.02. The van der Waals surface area contributed by atoms with Gasteiger partial charge in [0.25, 0.3) is 0 Å². The zero-order valence-corrected chi connectivity index (χ0v) is 10.3. The van der Waals surface area contributed by atoms with Crippen molar-refractivity contribution in [2.75, 3.05) is 13.1 Å². The molecule has 1 atom stereocenters. The third-order valence-corrected chi connectivity index (χ3v) is 3.31. The highest BCUT2D eigenvalue weighted by Gasteiger charge is 2.24. The normalized spacial score (nSPS) is 21.2. The van der Waals surface area contributed by atoms with E-state index in [-0.39, 0.29) is 12.0 Å². The van der Waals surface area contributed by atoms with Gasteiger partial charge in [-0.05, 0) is 24.5 Å². The van der Waals surface area contributed by atoms with Crippen molar-refractivity contribution in [1.29, 1.82) is 0 Å². The quantitative estimate of drug-likeness (QED) is 0.810. The van der Waals surface area contributed by atoms with Crippen LogP contribution in [-0.4, -0.2) is 31.1 Å². The molecule has 0 aromatic heterocycles. The van der Waals surface area contributed by atoms with Crippen LogP contribution in [0.15, 0.2) is 24.3 Å². The largest absolute Gasteiger partial charge is 0.488 e. The molecule has 1 unspecified atom stereocenters. The molecule has 0 saturated heterocycles. The Morgan fingerprint density at radius 2 is 2.17 bits per heavy atom. The minimum atomic E-state index is 0.0908. The summed E-state index contributed by atoms with van der Waals surface area (Å²) in [5, 5.41) is 6.11. The van der Waals surface area contributed by atoms with E-state index in [0.717, 1.165) is 25.0 Å². The fraction of sp³-hybridized carbons (Fsp3) is 0.500. The van der Waals surface area contributed by atoms with Crippen LogP contribution >= 0.6 is 0 Å².